The molecule has 1 rings (SSSR count). The summed E-state index contributed by atoms with van der Waals surface area (Å²) in [5, 5.41) is 10.5. The number of aromatic nitrogens is 2. The second-order valence-electron chi connectivity index (χ2n) is 3.46. The number of rotatable bonds is 5. The number of nitrogens with one attached hydrogen (secondary N) is 1. The van der Waals surface area contributed by atoms with Gasteiger partial charge in [-0.15, -0.1) is 0 Å². The third-order valence-corrected chi connectivity index (χ3v) is 3.96. The van der Waals surface area contributed by atoms with E-state index in [9.17, 15) is 28.1 Å². The molecule has 10 heteroatoms. The van der Waals surface area contributed by atoms with Gasteiger partial charge < -0.3 is 0 Å². The Hall–Kier alpha value is -1.97. The number of aryl methyl sites for hydroxylation is 1. The first-order valence-electron chi connectivity index (χ1n) is 4.95. The van der Waals surface area contributed by atoms with Crippen LogP contribution in [0.4, 0.5) is 5.69 Å². The number of H-pyrrole nitrogens is 1. The number of sulfone groups is 1. The monoisotopic (exact) mass is 277 g/mol. The summed E-state index contributed by atoms with van der Waals surface area (Å²) in [6, 6.07) is 0. The molecule has 1 aromatic heterocycles. The molecule has 0 aliphatic carbocycles. The van der Waals surface area contributed by atoms with Gasteiger partial charge in [0.2, 0.25) is 0 Å². The minimum absolute atomic E-state index is 0.0901. The lowest BCUT2D eigenvalue weighted by molar-refractivity contribution is -0.386. The maximum absolute atomic E-state index is 11.3. The van der Waals surface area contributed by atoms with Crippen molar-refractivity contribution in [3.63, 3.8) is 0 Å². The average Bonchev–Trinajstić information content (AvgIpc) is 2.27. The average molecular weight is 277 g/mol. The van der Waals surface area contributed by atoms with Gasteiger partial charge in [0, 0.05) is 12.3 Å². The molecule has 0 fully saturated rings. The molecule has 0 bridgehead atoms. The van der Waals surface area contributed by atoms with Gasteiger partial charge in [-0.05, 0) is 0 Å². The molecule has 100 valence electrons. The highest BCUT2D eigenvalue weighted by Gasteiger charge is 2.16. The molecule has 0 atom stereocenters. The van der Waals surface area contributed by atoms with Gasteiger partial charge in [-0.1, -0.05) is 6.92 Å². The van der Waals surface area contributed by atoms with Crippen LogP contribution >= 0.6 is 0 Å². The molecular weight excluding hydrogens is 266 g/mol. The molecule has 1 heterocycles. The zero-order valence-corrected chi connectivity index (χ0v) is 10.3. The lowest BCUT2D eigenvalue weighted by Gasteiger charge is -2.04. The van der Waals surface area contributed by atoms with Crippen molar-refractivity contribution in [2.45, 2.75) is 13.5 Å². The standard InChI is InChI=1S/C8H11N3O6S/c1-2-18(16,17)4-3-10-5-6(11(14)15)7(12)9-8(10)13/h5H,2-4H2,1H3,(H,9,12,13). The summed E-state index contributed by atoms with van der Waals surface area (Å²) < 4.78 is 23.3. The second-order valence-corrected chi connectivity index (χ2v) is 5.93. The van der Waals surface area contributed by atoms with Gasteiger partial charge in [0.1, 0.15) is 0 Å². The van der Waals surface area contributed by atoms with E-state index in [0.29, 0.717) is 0 Å². The number of nitro groups is 1. The molecule has 0 radical (unpaired) electrons. The topological polar surface area (TPSA) is 132 Å². The fourth-order valence-corrected chi connectivity index (χ4v) is 1.94. The predicted octanol–water partition coefficient (Wildman–Crippen LogP) is -1.12. The Labute approximate surface area is 101 Å². The number of aromatic amines is 1. The molecule has 0 spiro atoms. The molecule has 0 aliphatic heterocycles. The van der Waals surface area contributed by atoms with Gasteiger partial charge in [0.15, 0.2) is 9.84 Å². The van der Waals surface area contributed by atoms with Crippen molar-refractivity contribution in [2.24, 2.45) is 0 Å². The van der Waals surface area contributed by atoms with Gasteiger partial charge in [-0.3, -0.25) is 24.5 Å². The van der Waals surface area contributed by atoms with Crippen LogP contribution in [0.2, 0.25) is 0 Å². The van der Waals surface area contributed by atoms with E-state index in [-0.39, 0.29) is 18.1 Å². The SMILES string of the molecule is CCS(=O)(=O)CCn1cc([N+](=O)[O-])c(=O)[nH]c1=O. The van der Waals surface area contributed by atoms with Gasteiger partial charge >= 0.3 is 16.9 Å². The van der Waals surface area contributed by atoms with E-state index < -0.39 is 31.7 Å². The van der Waals surface area contributed by atoms with Crippen LogP contribution in [-0.4, -0.2) is 34.4 Å². The van der Waals surface area contributed by atoms with Crippen molar-refractivity contribution in [3.05, 3.63) is 37.1 Å². The third kappa shape index (κ3) is 3.26. The summed E-state index contributed by atoms with van der Waals surface area (Å²) in [5.41, 5.74) is -2.79. The van der Waals surface area contributed by atoms with Crippen molar-refractivity contribution in [1.29, 1.82) is 0 Å². The fraction of sp³-hybridized carbons (Fsp3) is 0.500. The molecule has 1 N–H and O–H groups in total. The lowest BCUT2D eigenvalue weighted by atomic mass is 10.5. The van der Waals surface area contributed by atoms with E-state index in [1.807, 2.05) is 0 Å². The van der Waals surface area contributed by atoms with Crippen LogP contribution in [0.5, 0.6) is 0 Å². The van der Waals surface area contributed by atoms with Gasteiger partial charge in [0.05, 0.1) is 16.9 Å². The highest BCUT2D eigenvalue weighted by atomic mass is 32.2. The molecule has 0 unspecified atom stereocenters. The highest BCUT2D eigenvalue weighted by Crippen LogP contribution is 1.99. The van der Waals surface area contributed by atoms with Crippen molar-refractivity contribution in [2.75, 3.05) is 11.5 Å². The summed E-state index contributed by atoms with van der Waals surface area (Å²) in [4.78, 5) is 33.7. The van der Waals surface area contributed by atoms with Crippen LogP contribution in [0.3, 0.4) is 0 Å². The van der Waals surface area contributed by atoms with Gasteiger partial charge in [-0.2, -0.15) is 0 Å². The Bertz CT molecular complexity index is 671. The maximum atomic E-state index is 11.3. The van der Waals surface area contributed by atoms with Crippen molar-refractivity contribution in [3.8, 4) is 0 Å². The fourth-order valence-electron chi connectivity index (χ4n) is 1.18. The molecule has 0 saturated heterocycles. The summed E-state index contributed by atoms with van der Waals surface area (Å²) in [7, 11) is -3.30. The first-order chi connectivity index (χ1) is 8.26. The molecule has 0 amide bonds. The lowest BCUT2D eigenvalue weighted by Crippen LogP contribution is -2.32. The first kappa shape index (κ1) is 14.1. The smallest absolute Gasteiger partial charge is 0.293 e. The molecule has 0 saturated carbocycles. The van der Waals surface area contributed by atoms with E-state index in [1.54, 1.807) is 4.98 Å². The van der Waals surface area contributed by atoms with Crippen LogP contribution in [0, 0.1) is 10.1 Å². The Morgan fingerprint density at radius 3 is 2.56 bits per heavy atom. The second kappa shape index (κ2) is 5.12. The maximum Gasteiger partial charge on any atom is 0.350 e. The first-order valence-corrected chi connectivity index (χ1v) is 6.77. The summed E-state index contributed by atoms with van der Waals surface area (Å²) in [5.74, 6) is -0.417. The van der Waals surface area contributed by atoms with E-state index in [4.69, 9.17) is 0 Å². The van der Waals surface area contributed by atoms with E-state index in [1.165, 1.54) is 6.92 Å². The van der Waals surface area contributed by atoms with Crippen LogP contribution < -0.4 is 11.2 Å². The van der Waals surface area contributed by atoms with Crippen molar-refractivity contribution < 1.29 is 13.3 Å². The Morgan fingerprint density at radius 1 is 1.44 bits per heavy atom. The minimum atomic E-state index is -3.30. The summed E-state index contributed by atoms with van der Waals surface area (Å²) in [6.45, 7) is 1.21. The third-order valence-electron chi connectivity index (χ3n) is 2.27. The molecule has 0 aliphatic rings. The number of hydrogen-bond acceptors (Lipinski definition) is 6. The summed E-state index contributed by atoms with van der Waals surface area (Å²) >= 11 is 0. The quantitative estimate of drug-likeness (QED) is 0.535. The Balaban J connectivity index is 3.11. The van der Waals surface area contributed by atoms with Gasteiger partial charge in [0.25, 0.3) is 0 Å². The van der Waals surface area contributed by atoms with Crippen LogP contribution in [-0.2, 0) is 16.4 Å². The van der Waals surface area contributed by atoms with Gasteiger partial charge in [-0.25, -0.2) is 13.2 Å². The predicted molar refractivity (Wildman–Crippen MR) is 62.3 cm³/mol. The Kier molecular flexibility index (Phi) is 4.01. The normalized spacial score (nSPS) is 11.4. The number of nitrogens with zero attached hydrogens (tertiary/aromatic N) is 2. The molecule has 9 nitrogen and oxygen atoms in total. The van der Waals surface area contributed by atoms with Crippen LogP contribution in [0.25, 0.3) is 0 Å². The van der Waals surface area contributed by atoms with E-state index >= 15 is 0 Å². The minimum Gasteiger partial charge on any atom is -0.293 e. The number of hydrogen-bond donors (Lipinski definition) is 1. The Morgan fingerprint density at radius 2 is 2.06 bits per heavy atom. The summed E-state index contributed by atoms with van der Waals surface area (Å²) in [6.07, 6.45) is 0.742. The molecule has 1 aromatic rings. The van der Waals surface area contributed by atoms with E-state index in [2.05, 4.69) is 0 Å². The van der Waals surface area contributed by atoms with E-state index in [0.717, 1.165) is 10.8 Å². The van der Waals surface area contributed by atoms with Crippen molar-refractivity contribution in [1.82, 2.24) is 9.55 Å². The highest BCUT2D eigenvalue weighted by molar-refractivity contribution is 7.91. The van der Waals surface area contributed by atoms with Crippen molar-refractivity contribution >= 4 is 15.5 Å². The van der Waals surface area contributed by atoms with Crippen LogP contribution in [0.1, 0.15) is 6.92 Å². The van der Waals surface area contributed by atoms with Crippen LogP contribution in [0.15, 0.2) is 15.8 Å². The molecule has 18 heavy (non-hydrogen) atoms. The zero-order valence-electron chi connectivity index (χ0n) is 9.45. The molecule has 0 aromatic carbocycles. The largest absolute Gasteiger partial charge is 0.350 e. The zero-order chi connectivity index (χ0) is 13.9. The molecular formula is C8H11N3O6S.